The van der Waals surface area contributed by atoms with Crippen molar-refractivity contribution in [3.63, 3.8) is 0 Å². The van der Waals surface area contributed by atoms with Gasteiger partial charge >= 0.3 is 6.18 Å². The van der Waals surface area contributed by atoms with E-state index in [0.29, 0.717) is 37.4 Å². The molecule has 174 valence electrons. The van der Waals surface area contributed by atoms with Gasteiger partial charge in [-0.3, -0.25) is 4.79 Å². The average Bonchev–Trinajstić information content (AvgIpc) is 2.84. The minimum Gasteiger partial charge on any atom is -0.372 e. The van der Waals surface area contributed by atoms with Crippen molar-refractivity contribution in [2.24, 2.45) is 5.92 Å². The monoisotopic (exact) mass is 458 g/mol. The first-order valence-corrected chi connectivity index (χ1v) is 10.9. The van der Waals surface area contributed by atoms with Crippen molar-refractivity contribution < 1.29 is 18.0 Å². The van der Waals surface area contributed by atoms with Gasteiger partial charge in [-0.05, 0) is 37.1 Å². The lowest BCUT2D eigenvalue weighted by Crippen LogP contribution is -2.43. The Morgan fingerprint density at radius 3 is 2.33 bits per heavy atom. The van der Waals surface area contributed by atoms with Gasteiger partial charge in [0.1, 0.15) is 5.82 Å². The first kappa shape index (κ1) is 22.9. The fourth-order valence-electron chi connectivity index (χ4n) is 4.24. The summed E-state index contributed by atoms with van der Waals surface area (Å²) in [6.07, 6.45) is -1.77. The SMILES string of the molecule is [C-]#[N+]c1ccc(N2CCC(C(=O)Nc3ccc(N4CCNCC4)cn3)CC2)cc1C(F)(F)F. The number of piperidine rings is 1. The largest absolute Gasteiger partial charge is 0.407 e. The number of hydrogen-bond acceptors (Lipinski definition) is 5. The molecule has 0 aliphatic carbocycles. The Balaban J connectivity index is 1.33. The molecule has 3 heterocycles. The van der Waals surface area contributed by atoms with Gasteiger partial charge in [0.25, 0.3) is 0 Å². The lowest BCUT2D eigenvalue weighted by molar-refractivity contribution is -0.136. The Morgan fingerprint density at radius 2 is 1.73 bits per heavy atom. The van der Waals surface area contributed by atoms with Crippen LogP contribution in [0.3, 0.4) is 0 Å². The van der Waals surface area contributed by atoms with Crippen molar-refractivity contribution in [1.82, 2.24) is 10.3 Å². The fourth-order valence-corrected chi connectivity index (χ4v) is 4.24. The predicted molar refractivity (Wildman–Crippen MR) is 121 cm³/mol. The molecule has 1 aromatic heterocycles. The highest BCUT2D eigenvalue weighted by atomic mass is 19.4. The number of hydrogen-bond donors (Lipinski definition) is 2. The third kappa shape index (κ3) is 5.37. The van der Waals surface area contributed by atoms with Crippen LogP contribution in [0.25, 0.3) is 4.85 Å². The van der Waals surface area contributed by atoms with Crippen LogP contribution >= 0.6 is 0 Å². The smallest absolute Gasteiger partial charge is 0.372 e. The average molecular weight is 458 g/mol. The molecule has 1 aromatic carbocycles. The molecule has 2 aromatic rings. The maximum Gasteiger partial charge on any atom is 0.407 e. The third-order valence-electron chi connectivity index (χ3n) is 6.12. The third-order valence-corrected chi connectivity index (χ3v) is 6.12. The number of carbonyl (C=O) groups is 1. The molecule has 1 amide bonds. The number of alkyl halides is 3. The number of nitrogens with zero attached hydrogens (tertiary/aromatic N) is 4. The van der Waals surface area contributed by atoms with E-state index in [9.17, 15) is 18.0 Å². The number of pyridine rings is 1. The number of rotatable bonds is 4. The molecule has 0 bridgehead atoms. The van der Waals surface area contributed by atoms with Crippen LogP contribution in [0.4, 0.5) is 36.1 Å². The van der Waals surface area contributed by atoms with Crippen molar-refractivity contribution in [3.8, 4) is 0 Å². The van der Waals surface area contributed by atoms with Crippen LogP contribution in [-0.2, 0) is 11.0 Å². The molecule has 10 heteroatoms. The summed E-state index contributed by atoms with van der Waals surface area (Å²) >= 11 is 0. The lowest BCUT2D eigenvalue weighted by atomic mass is 9.95. The molecule has 0 unspecified atom stereocenters. The highest BCUT2D eigenvalue weighted by molar-refractivity contribution is 5.92. The molecule has 2 fully saturated rings. The zero-order valence-corrected chi connectivity index (χ0v) is 18.0. The summed E-state index contributed by atoms with van der Waals surface area (Å²) in [6.45, 7) is 11.6. The first-order valence-electron chi connectivity index (χ1n) is 10.9. The van der Waals surface area contributed by atoms with Gasteiger partial charge in [0.05, 0.1) is 24.0 Å². The van der Waals surface area contributed by atoms with Crippen LogP contribution in [-0.4, -0.2) is 50.2 Å². The number of nitrogens with one attached hydrogen (secondary N) is 2. The van der Waals surface area contributed by atoms with Gasteiger partial charge in [-0.15, -0.1) is 0 Å². The topological polar surface area (TPSA) is 64.9 Å². The Bertz CT molecular complexity index is 1020. The van der Waals surface area contributed by atoms with E-state index in [0.717, 1.165) is 37.9 Å². The second-order valence-corrected chi connectivity index (χ2v) is 8.20. The van der Waals surface area contributed by atoms with Gasteiger partial charge < -0.3 is 20.4 Å². The summed E-state index contributed by atoms with van der Waals surface area (Å²) in [5, 5.41) is 6.16. The standard InChI is InChI=1S/C23H25F3N6O/c1-27-20-4-2-17(14-19(20)23(24,25)26)31-10-6-16(7-11-31)22(33)30-21-5-3-18(15-29-21)32-12-8-28-9-13-32/h2-5,14-16,28H,6-13H2,(H,29,30,33). The van der Waals surface area contributed by atoms with Crippen LogP contribution in [0.15, 0.2) is 36.5 Å². The second-order valence-electron chi connectivity index (χ2n) is 8.20. The molecule has 0 spiro atoms. The van der Waals surface area contributed by atoms with Crippen molar-refractivity contribution >= 4 is 28.8 Å². The summed E-state index contributed by atoms with van der Waals surface area (Å²) in [6, 6.07) is 7.51. The van der Waals surface area contributed by atoms with Gasteiger partial charge in [-0.25, -0.2) is 9.83 Å². The number of aromatic nitrogens is 1. The molecule has 33 heavy (non-hydrogen) atoms. The van der Waals surface area contributed by atoms with E-state index in [1.165, 1.54) is 12.1 Å². The van der Waals surface area contributed by atoms with Crippen molar-refractivity contribution in [3.05, 3.63) is 53.5 Å². The van der Waals surface area contributed by atoms with Crippen LogP contribution < -0.4 is 20.4 Å². The normalized spacial score (nSPS) is 17.5. The Hall–Kier alpha value is -3.32. The van der Waals surface area contributed by atoms with E-state index in [1.54, 1.807) is 12.3 Å². The summed E-state index contributed by atoms with van der Waals surface area (Å²) < 4.78 is 39.8. The van der Waals surface area contributed by atoms with E-state index in [4.69, 9.17) is 6.57 Å². The molecule has 0 saturated carbocycles. The molecule has 0 radical (unpaired) electrons. The van der Waals surface area contributed by atoms with Crippen molar-refractivity contribution in [2.45, 2.75) is 19.0 Å². The number of benzene rings is 1. The van der Waals surface area contributed by atoms with E-state index in [-0.39, 0.29) is 11.8 Å². The summed E-state index contributed by atoms with van der Waals surface area (Å²) in [7, 11) is 0. The van der Waals surface area contributed by atoms with Crippen LogP contribution in [0.1, 0.15) is 18.4 Å². The number of anilines is 3. The molecule has 4 rings (SSSR count). The number of amides is 1. The van der Waals surface area contributed by atoms with Crippen LogP contribution in [0.5, 0.6) is 0 Å². The van der Waals surface area contributed by atoms with Crippen LogP contribution in [0.2, 0.25) is 0 Å². The number of piperazine rings is 1. The number of halogens is 3. The summed E-state index contributed by atoms with van der Waals surface area (Å²) in [4.78, 5) is 24.1. The first-order chi connectivity index (χ1) is 15.8. The fraction of sp³-hybridized carbons (Fsp3) is 0.435. The lowest BCUT2D eigenvalue weighted by Gasteiger charge is -2.33. The van der Waals surface area contributed by atoms with Crippen molar-refractivity contribution in [1.29, 1.82) is 0 Å². The minimum absolute atomic E-state index is 0.128. The highest BCUT2D eigenvalue weighted by Crippen LogP contribution is 2.39. The molecular formula is C23H25F3N6O. The molecule has 2 aliphatic rings. The van der Waals surface area contributed by atoms with Gasteiger partial charge in [-0.1, -0.05) is 6.07 Å². The number of carbonyl (C=O) groups excluding carboxylic acids is 1. The Labute approximate surface area is 190 Å². The Kier molecular flexibility index (Phi) is 6.70. The van der Waals surface area contributed by atoms with Crippen molar-refractivity contribution in [2.75, 3.05) is 54.4 Å². The maximum absolute atomic E-state index is 13.3. The zero-order chi connectivity index (χ0) is 23.4. The zero-order valence-electron chi connectivity index (χ0n) is 18.0. The molecule has 2 N–H and O–H groups in total. The highest BCUT2D eigenvalue weighted by Gasteiger charge is 2.34. The molecule has 2 aliphatic heterocycles. The molecular weight excluding hydrogens is 433 g/mol. The maximum atomic E-state index is 13.3. The minimum atomic E-state index is -4.58. The molecule has 7 nitrogen and oxygen atoms in total. The summed E-state index contributed by atoms with van der Waals surface area (Å²) in [5.74, 6) is 0.128. The Morgan fingerprint density at radius 1 is 1.06 bits per heavy atom. The molecule has 2 saturated heterocycles. The van der Waals surface area contributed by atoms with Gasteiger partial charge in [0, 0.05) is 50.9 Å². The second kappa shape index (κ2) is 9.67. The van der Waals surface area contributed by atoms with E-state index >= 15 is 0 Å². The van der Waals surface area contributed by atoms with E-state index < -0.39 is 17.4 Å². The van der Waals surface area contributed by atoms with Gasteiger partial charge in [0.2, 0.25) is 5.91 Å². The summed E-state index contributed by atoms with van der Waals surface area (Å²) in [5.41, 5.74) is 0.102. The predicted octanol–water partition coefficient (Wildman–Crippen LogP) is 3.92. The van der Waals surface area contributed by atoms with Gasteiger partial charge in [0.15, 0.2) is 5.69 Å². The quantitative estimate of drug-likeness (QED) is 0.680. The molecule has 0 atom stereocenters. The van der Waals surface area contributed by atoms with Crippen LogP contribution in [0, 0.1) is 12.5 Å². The van der Waals surface area contributed by atoms with E-state index in [2.05, 4.69) is 25.4 Å². The van der Waals surface area contributed by atoms with E-state index in [1.807, 2.05) is 11.0 Å². The van der Waals surface area contributed by atoms with Gasteiger partial charge in [-0.2, -0.15) is 13.2 Å².